The number of benzene rings is 2. The molecule has 0 saturated carbocycles. The highest BCUT2D eigenvalue weighted by Crippen LogP contribution is 2.19. The molecule has 3 rings (SSSR count). The van der Waals surface area contributed by atoms with Gasteiger partial charge in [-0.25, -0.2) is 4.79 Å². The number of carbonyl (C=O) groups excluding carboxylic acids is 2. The van der Waals surface area contributed by atoms with E-state index < -0.39 is 11.9 Å². The molecule has 31 heavy (non-hydrogen) atoms. The monoisotopic (exact) mass is 418 g/mol. The second kappa shape index (κ2) is 10.3. The molecule has 1 aliphatic rings. The van der Waals surface area contributed by atoms with Gasteiger partial charge in [-0.05, 0) is 43.7 Å². The zero-order valence-corrected chi connectivity index (χ0v) is 17.8. The number of rotatable bonds is 6. The number of carbonyl (C=O) groups is 2. The third kappa shape index (κ3) is 5.64. The summed E-state index contributed by atoms with van der Waals surface area (Å²) >= 11 is 0. The van der Waals surface area contributed by atoms with E-state index in [1.54, 1.807) is 37.4 Å². The molecule has 0 spiro atoms. The summed E-state index contributed by atoms with van der Waals surface area (Å²) in [5.74, 6) is -1.08. The molecule has 0 bridgehead atoms. The van der Waals surface area contributed by atoms with Gasteiger partial charge in [0, 0.05) is 38.1 Å². The first kappa shape index (κ1) is 21.9. The molecule has 1 N–H and O–H groups in total. The number of anilines is 2. The molecule has 7 nitrogen and oxygen atoms in total. The van der Waals surface area contributed by atoms with E-state index >= 15 is 0 Å². The highest BCUT2D eigenvalue weighted by molar-refractivity contribution is 6.09. The van der Waals surface area contributed by atoms with Gasteiger partial charge in [0.25, 0.3) is 5.91 Å². The van der Waals surface area contributed by atoms with Crippen molar-refractivity contribution in [3.8, 4) is 6.07 Å². The lowest BCUT2D eigenvalue weighted by molar-refractivity contribution is -0.112. The summed E-state index contributed by atoms with van der Waals surface area (Å²) in [5.41, 5.74) is 2.95. The molecule has 1 amide bonds. The van der Waals surface area contributed by atoms with Crippen LogP contribution in [-0.2, 0) is 9.53 Å². The van der Waals surface area contributed by atoms with E-state index in [-0.39, 0.29) is 17.7 Å². The van der Waals surface area contributed by atoms with Gasteiger partial charge in [0.1, 0.15) is 11.6 Å². The van der Waals surface area contributed by atoms with Gasteiger partial charge < -0.3 is 19.9 Å². The average Bonchev–Trinajstić information content (AvgIpc) is 2.78. The lowest BCUT2D eigenvalue weighted by Crippen LogP contribution is -2.44. The Labute approximate surface area is 182 Å². The molecule has 1 saturated heterocycles. The Morgan fingerprint density at radius 1 is 1.13 bits per heavy atom. The van der Waals surface area contributed by atoms with Gasteiger partial charge in [-0.1, -0.05) is 24.3 Å². The lowest BCUT2D eigenvalue weighted by Gasteiger charge is -2.35. The summed E-state index contributed by atoms with van der Waals surface area (Å²) in [6.07, 6.45) is 1.59. The fraction of sp³-hybridized carbons (Fsp3) is 0.292. The van der Waals surface area contributed by atoms with Crippen molar-refractivity contribution in [2.24, 2.45) is 0 Å². The molecule has 1 aliphatic heterocycles. The molecule has 0 aromatic heterocycles. The van der Waals surface area contributed by atoms with Crippen LogP contribution in [0.2, 0.25) is 0 Å². The van der Waals surface area contributed by atoms with Gasteiger partial charge in [-0.2, -0.15) is 5.26 Å². The smallest absolute Gasteiger partial charge is 0.340 e. The van der Waals surface area contributed by atoms with Crippen LogP contribution in [-0.4, -0.2) is 49.6 Å². The fourth-order valence-electron chi connectivity index (χ4n) is 3.42. The first-order valence-electron chi connectivity index (χ1n) is 10.3. The van der Waals surface area contributed by atoms with Crippen LogP contribution in [0.15, 0.2) is 60.3 Å². The van der Waals surface area contributed by atoms with Crippen molar-refractivity contribution in [1.82, 2.24) is 4.90 Å². The number of hydrogen-bond acceptors (Lipinski definition) is 6. The number of amides is 1. The van der Waals surface area contributed by atoms with Crippen molar-refractivity contribution in [3.63, 3.8) is 0 Å². The third-order valence-electron chi connectivity index (χ3n) is 5.03. The first-order valence-corrected chi connectivity index (χ1v) is 10.3. The molecule has 0 unspecified atom stereocenters. The highest BCUT2D eigenvalue weighted by Gasteiger charge is 2.19. The van der Waals surface area contributed by atoms with Crippen LogP contribution in [0.1, 0.15) is 22.8 Å². The van der Waals surface area contributed by atoms with Crippen molar-refractivity contribution >= 4 is 23.3 Å². The van der Waals surface area contributed by atoms with E-state index in [9.17, 15) is 14.9 Å². The van der Waals surface area contributed by atoms with Crippen LogP contribution in [0.5, 0.6) is 0 Å². The van der Waals surface area contributed by atoms with Crippen LogP contribution in [0.3, 0.4) is 0 Å². The maximum atomic E-state index is 12.7. The number of nitrogens with zero attached hydrogens (tertiary/aromatic N) is 3. The van der Waals surface area contributed by atoms with Crippen molar-refractivity contribution in [3.05, 3.63) is 71.4 Å². The molecule has 0 atom stereocenters. The predicted octanol–water partition coefficient (Wildman–Crippen LogP) is 3.34. The van der Waals surface area contributed by atoms with Gasteiger partial charge in [0.15, 0.2) is 0 Å². The van der Waals surface area contributed by atoms with Crippen molar-refractivity contribution in [2.75, 3.05) is 43.0 Å². The van der Waals surface area contributed by atoms with Crippen LogP contribution >= 0.6 is 0 Å². The number of aryl methyl sites for hydroxylation is 1. The van der Waals surface area contributed by atoms with Crippen molar-refractivity contribution in [1.29, 1.82) is 5.26 Å². The van der Waals surface area contributed by atoms with E-state index in [0.717, 1.165) is 13.1 Å². The molecular weight excluding hydrogens is 392 g/mol. The van der Waals surface area contributed by atoms with E-state index in [4.69, 9.17) is 4.74 Å². The van der Waals surface area contributed by atoms with E-state index in [1.807, 2.05) is 17.0 Å². The molecule has 0 aliphatic carbocycles. The molecule has 2 aromatic carbocycles. The van der Waals surface area contributed by atoms with Crippen LogP contribution < -0.4 is 10.2 Å². The SMILES string of the molecule is CCOC(=O)c1ccccc1NC(=O)/C(C#N)=C\N1CCN(c2cccc(C)c2)CC1. The second-order valence-electron chi connectivity index (χ2n) is 7.24. The number of nitriles is 1. The van der Waals surface area contributed by atoms with E-state index in [0.29, 0.717) is 18.8 Å². The third-order valence-corrected chi connectivity index (χ3v) is 5.03. The van der Waals surface area contributed by atoms with Crippen molar-refractivity contribution in [2.45, 2.75) is 13.8 Å². The van der Waals surface area contributed by atoms with Crippen LogP contribution in [0.4, 0.5) is 11.4 Å². The Morgan fingerprint density at radius 3 is 2.55 bits per heavy atom. The number of nitrogens with one attached hydrogen (secondary N) is 1. The lowest BCUT2D eigenvalue weighted by atomic mass is 10.1. The predicted molar refractivity (Wildman–Crippen MR) is 120 cm³/mol. The number of piperazine rings is 1. The van der Waals surface area contributed by atoms with Crippen LogP contribution in [0.25, 0.3) is 0 Å². The Hall–Kier alpha value is -3.79. The summed E-state index contributed by atoms with van der Waals surface area (Å²) < 4.78 is 5.03. The number of ether oxygens (including phenoxy) is 1. The van der Waals surface area contributed by atoms with Gasteiger partial charge in [-0.3, -0.25) is 4.79 Å². The highest BCUT2D eigenvalue weighted by atomic mass is 16.5. The number of para-hydroxylation sites is 1. The minimum absolute atomic E-state index is 0.0114. The van der Waals surface area contributed by atoms with Gasteiger partial charge in [0.2, 0.25) is 0 Å². The van der Waals surface area contributed by atoms with E-state index in [2.05, 4.69) is 35.3 Å². The molecular formula is C24H26N4O3. The molecule has 1 fully saturated rings. The summed E-state index contributed by atoms with van der Waals surface area (Å²) in [4.78, 5) is 29.1. The maximum Gasteiger partial charge on any atom is 0.340 e. The molecule has 7 heteroatoms. The summed E-state index contributed by atoms with van der Waals surface area (Å²) in [6.45, 7) is 7.02. The summed E-state index contributed by atoms with van der Waals surface area (Å²) in [5, 5.41) is 12.2. The first-order chi connectivity index (χ1) is 15.0. The Morgan fingerprint density at radius 2 is 1.87 bits per heavy atom. The molecule has 160 valence electrons. The fourth-order valence-corrected chi connectivity index (χ4v) is 3.42. The van der Waals surface area contributed by atoms with Crippen LogP contribution in [0, 0.1) is 18.3 Å². The van der Waals surface area contributed by atoms with Gasteiger partial charge >= 0.3 is 5.97 Å². The number of esters is 1. The quantitative estimate of drug-likeness (QED) is 0.440. The normalized spacial score (nSPS) is 14.0. The Kier molecular flexibility index (Phi) is 7.28. The minimum atomic E-state index is -0.555. The zero-order valence-electron chi connectivity index (χ0n) is 17.8. The molecule has 0 radical (unpaired) electrons. The summed E-state index contributed by atoms with van der Waals surface area (Å²) in [6, 6.07) is 16.9. The number of hydrogen-bond donors (Lipinski definition) is 1. The zero-order chi connectivity index (χ0) is 22.2. The van der Waals surface area contributed by atoms with E-state index in [1.165, 1.54) is 11.3 Å². The maximum absolute atomic E-state index is 12.7. The van der Waals surface area contributed by atoms with Gasteiger partial charge in [-0.15, -0.1) is 0 Å². The topological polar surface area (TPSA) is 85.7 Å². The van der Waals surface area contributed by atoms with Crippen molar-refractivity contribution < 1.29 is 14.3 Å². The second-order valence-corrected chi connectivity index (χ2v) is 7.24. The standard InChI is InChI=1S/C24H26N4O3/c1-3-31-24(30)21-9-4-5-10-22(21)26-23(29)19(16-25)17-27-11-13-28(14-12-27)20-8-6-7-18(2)15-20/h4-10,15,17H,3,11-14H2,1-2H3,(H,26,29)/b19-17-. The largest absolute Gasteiger partial charge is 0.462 e. The Balaban J connectivity index is 1.66. The Bertz CT molecular complexity index is 1020. The van der Waals surface area contributed by atoms with Gasteiger partial charge in [0.05, 0.1) is 17.9 Å². The summed E-state index contributed by atoms with van der Waals surface area (Å²) in [7, 11) is 0. The minimum Gasteiger partial charge on any atom is -0.462 e. The molecule has 1 heterocycles. The average molecular weight is 418 g/mol. The molecule has 2 aromatic rings.